The fourth-order valence-corrected chi connectivity index (χ4v) is 1.31. The van der Waals surface area contributed by atoms with E-state index >= 15 is 0 Å². The zero-order valence-corrected chi connectivity index (χ0v) is 7.73. The van der Waals surface area contributed by atoms with Gasteiger partial charge < -0.3 is 14.8 Å². The summed E-state index contributed by atoms with van der Waals surface area (Å²) in [7, 11) is 0. The molecule has 0 bridgehead atoms. The average molecular weight is 190 g/mol. The van der Waals surface area contributed by atoms with E-state index in [1.54, 1.807) is 0 Å². The Labute approximate surface area is 82.3 Å². The molecule has 0 aliphatic rings. The Balaban J connectivity index is 2.19. The Hall–Kier alpha value is -1.48. The molecule has 14 heavy (non-hydrogen) atoms. The second kappa shape index (κ2) is 3.72. The maximum Gasteiger partial charge on any atom is 0.191 e. The van der Waals surface area contributed by atoms with E-state index in [1.165, 1.54) is 0 Å². The summed E-state index contributed by atoms with van der Waals surface area (Å²) in [6, 6.07) is 9.80. The Bertz CT molecular complexity index is 387. The predicted octanol–water partition coefficient (Wildman–Crippen LogP) is 1.74. The van der Waals surface area contributed by atoms with Crippen molar-refractivity contribution in [3.8, 4) is 5.88 Å². The van der Waals surface area contributed by atoms with Gasteiger partial charge in [-0.15, -0.1) is 0 Å². The molecule has 1 heterocycles. The highest BCUT2D eigenvalue weighted by molar-refractivity contribution is 5.81. The normalized spacial score (nSPS) is 13.0. The third-order valence-electron chi connectivity index (χ3n) is 1.94. The van der Waals surface area contributed by atoms with Crippen LogP contribution in [0.5, 0.6) is 5.88 Å². The monoisotopic (exact) mass is 190 g/mol. The van der Waals surface area contributed by atoms with Crippen LogP contribution in [0.25, 0.3) is 10.9 Å². The molecular weight excluding hydrogens is 178 g/mol. The minimum Gasteiger partial charge on any atom is -0.476 e. The molecule has 3 nitrogen and oxygen atoms in total. The van der Waals surface area contributed by atoms with Gasteiger partial charge in [0.25, 0.3) is 0 Å². The SMILES string of the molecule is [CH2]C(O)COc1cc2ccccc2[nH]1. The third-order valence-corrected chi connectivity index (χ3v) is 1.94. The first-order valence-corrected chi connectivity index (χ1v) is 4.47. The van der Waals surface area contributed by atoms with E-state index in [4.69, 9.17) is 9.84 Å². The maximum absolute atomic E-state index is 8.94. The van der Waals surface area contributed by atoms with Crippen LogP contribution in [0.4, 0.5) is 0 Å². The van der Waals surface area contributed by atoms with Gasteiger partial charge in [0.2, 0.25) is 0 Å². The van der Waals surface area contributed by atoms with Crippen LogP contribution >= 0.6 is 0 Å². The number of aromatic nitrogens is 1. The quantitative estimate of drug-likeness (QED) is 0.774. The van der Waals surface area contributed by atoms with Gasteiger partial charge in [-0.2, -0.15) is 0 Å². The van der Waals surface area contributed by atoms with Crippen LogP contribution in [-0.2, 0) is 0 Å². The van der Waals surface area contributed by atoms with E-state index in [9.17, 15) is 0 Å². The summed E-state index contributed by atoms with van der Waals surface area (Å²) in [5.41, 5.74) is 1.03. The highest BCUT2D eigenvalue weighted by Gasteiger charge is 2.01. The number of benzene rings is 1. The zero-order chi connectivity index (χ0) is 9.97. The summed E-state index contributed by atoms with van der Waals surface area (Å²) in [4.78, 5) is 3.09. The lowest BCUT2D eigenvalue weighted by Gasteiger charge is -2.04. The van der Waals surface area contributed by atoms with Crippen LogP contribution in [0.2, 0.25) is 0 Å². The molecule has 0 fully saturated rings. The summed E-state index contributed by atoms with van der Waals surface area (Å²) in [5, 5.41) is 10.0. The Morgan fingerprint density at radius 3 is 2.93 bits per heavy atom. The van der Waals surface area contributed by atoms with E-state index < -0.39 is 6.10 Å². The molecule has 1 aromatic carbocycles. The first kappa shape index (κ1) is 9.09. The van der Waals surface area contributed by atoms with E-state index in [-0.39, 0.29) is 6.61 Å². The minimum absolute atomic E-state index is 0.201. The number of fused-ring (bicyclic) bond motifs is 1. The summed E-state index contributed by atoms with van der Waals surface area (Å²) >= 11 is 0. The molecule has 2 rings (SSSR count). The molecule has 73 valence electrons. The second-order valence-electron chi connectivity index (χ2n) is 3.19. The fourth-order valence-electron chi connectivity index (χ4n) is 1.31. The summed E-state index contributed by atoms with van der Waals surface area (Å²) < 4.78 is 5.28. The molecule has 0 aliphatic heterocycles. The van der Waals surface area contributed by atoms with E-state index in [0.29, 0.717) is 5.88 Å². The number of aromatic amines is 1. The lowest BCUT2D eigenvalue weighted by molar-refractivity contribution is 0.140. The Morgan fingerprint density at radius 1 is 1.43 bits per heavy atom. The molecule has 2 aromatic rings. The minimum atomic E-state index is -0.693. The lowest BCUT2D eigenvalue weighted by atomic mass is 10.3. The van der Waals surface area contributed by atoms with Crippen LogP contribution < -0.4 is 4.74 Å². The van der Waals surface area contributed by atoms with Crippen molar-refractivity contribution in [2.45, 2.75) is 6.10 Å². The Morgan fingerprint density at radius 2 is 2.21 bits per heavy atom. The number of aliphatic hydroxyl groups excluding tert-OH is 1. The second-order valence-corrected chi connectivity index (χ2v) is 3.19. The molecule has 0 aliphatic carbocycles. The van der Waals surface area contributed by atoms with Crippen molar-refractivity contribution in [3.63, 3.8) is 0 Å². The zero-order valence-electron chi connectivity index (χ0n) is 7.73. The van der Waals surface area contributed by atoms with Gasteiger partial charge in [-0.1, -0.05) is 18.2 Å². The van der Waals surface area contributed by atoms with Gasteiger partial charge in [-0.05, 0) is 13.0 Å². The highest BCUT2D eigenvalue weighted by atomic mass is 16.5. The van der Waals surface area contributed by atoms with Gasteiger partial charge in [-0.25, -0.2) is 0 Å². The molecular formula is C11H12NO2. The van der Waals surface area contributed by atoms with E-state index in [0.717, 1.165) is 10.9 Å². The van der Waals surface area contributed by atoms with Crippen LogP contribution in [0.3, 0.4) is 0 Å². The predicted molar refractivity (Wildman–Crippen MR) is 55.2 cm³/mol. The maximum atomic E-state index is 8.94. The number of H-pyrrole nitrogens is 1. The molecule has 1 unspecified atom stereocenters. The molecule has 0 amide bonds. The van der Waals surface area contributed by atoms with Gasteiger partial charge >= 0.3 is 0 Å². The topological polar surface area (TPSA) is 45.2 Å². The molecule has 0 saturated heterocycles. The number of nitrogens with one attached hydrogen (secondary N) is 1. The van der Waals surface area contributed by atoms with Crippen molar-refractivity contribution < 1.29 is 9.84 Å². The van der Waals surface area contributed by atoms with Crippen molar-refractivity contribution in [2.24, 2.45) is 0 Å². The van der Waals surface area contributed by atoms with Gasteiger partial charge in [0.1, 0.15) is 6.61 Å². The smallest absolute Gasteiger partial charge is 0.191 e. The molecule has 1 aromatic heterocycles. The number of aliphatic hydroxyl groups is 1. The van der Waals surface area contributed by atoms with Gasteiger partial charge in [0.05, 0.1) is 6.10 Å². The lowest BCUT2D eigenvalue weighted by Crippen LogP contribution is -2.13. The summed E-state index contributed by atoms with van der Waals surface area (Å²) in [6.07, 6.45) is -0.693. The third kappa shape index (κ3) is 1.88. The molecule has 1 atom stereocenters. The van der Waals surface area contributed by atoms with E-state index in [2.05, 4.69) is 11.9 Å². The number of para-hydroxylation sites is 1. The number of hydrogen-bond donors (Lipinski definition) is 2. The average Bonchev–Trinajstić information content (AvgIpc) is 2.57. The molecule has 0 spiro atoms. The highest BCUT2D eigenvalue weighted by Crippen LogP contribution is 2.19. The van der Waals surface area contributed by atoms with Crippen LogP contribution in [0.1, 0.15) is 0 Å². The number of rotatable bonds is 3. The van der Waals surface area contributed by atoms with Crippen molar-refractivity contribution in [1.29, 1.82) is 0 Å². The molecule has 3 heteroatoms. The van der Waals surface area contributed by atoms with Crippen LogP contribution in [-0.4, -0.2) is 22.8 Å². The van der Waals surface area contributed by atoms with Gasteiger partial charge in [0.15, 0.2) is 5.88 Å². The van der Waals surface area contributed by atoms with Gasteiger partial charge in [0, 0.05) is 17.0 Å². The summed E-state index contributed by atoms with van der Waals surface area (Å²) in [6.45, 7) is 3.63. The molecule has 0 saturated carbocycles. The first-order valence-electron chi connectivity index (χ1n) is 4.47. The molecule has 1 radical (unpaired) electrons. The largest absolute Gasteiger partial charge is 0.476 e. The van der Waals surface area contributed by atoms with E-state index in [1.807, 2.05) is 30.3 Å². The van der Waals surface area contributed by atoms with Gasteiger partial charge in [-0.3, -0.25) is 0 Å². The van der Waals surface area contributed by atoms with Crippen LogP contribution in [0, 0.1) is 6.92 Å². The number of ether oxygens (including phenoxy) is 1. The van der Waals surface area contributed by atoms with Crippen molar-refractivity contribution >= 4 is 10.9 Å². The first-order chi connectivity index (χ1) is 6.75. The van der Waals surface area contributed by atoms with Crippen molar-refractivity contribution in [1.82, 2.24) is 4.98 Å². The standard InChI is InChI=1S/C11H12NO2/c1-8(13)7-14-11-6-9-4-2-3-5-10(9)12-11/h2-6,8,12-13H,1,7H2. The van der Waals surface area contributed by atoms with Crippen molar-refractivity contribution in [2.75, 3.05) is 6.61 Å². The van der Waals surface area contributed by atoms with Crippen molar-refractivity contribution in [3.05, 3.63) is 37.3 Å². The van der Waals surface area contributed by atoms with Crippen LogP contribution in [0.15, 0.2) is 30.3 Å². The fraction of sp³-hybridized carbons (Fsp3) is 0.182. The Kier molecular flexibility index (Phi) is 2.41. The summed E-state index contributed by atoms with van der Waals surface area (Å²) in [5.74, 6) is 0.661. The number of hydrogen-bond acceptors (Lipinski definition) is 2. The molecule has 2 N–H and O–H groups in total.